The Balaban J connectivity index is 2.05. The highest BCUT2D eigenvalue weighted by atomic mass is 35.5. The summed E-state index contributed by atoms with van der Waals surface area (Å²) in [7, 11) is 0. The van der Waals surface area contributed by atoms with Gasteiger partial charge in [0, 0.05) is 0 Å². The van der Waals surface area contributed by atoms with Crippen molar-refractivity contribution >= 4 is 29.2 Å². The topological polar surface area (TPSA) is 55.4 Å². The maximum absolute atomic E-state index is 13.0. The minimum atomic E-state index is -4.61. The Morgan fingerprint density at radius 3 is 2.46 bits per heavy atom. The lowest BCUT2D eigenvalue weighted by atomic mass is 10.1. The molecular weight excluding hydrogens is 378 g/mol. The first-order chi connectivity index (χ1) is 12.1. The lowest BCUT2D eigenvalue weighted by Crippen LogP contribution is -2.30. The molecule has 9 heteroatoms. The van der Waals surface area contributed by atoms with Gasteiger partial charge in [-0.2, -0.15) is 13.2 Å². The van der Waals surface area contributed by atoms with Crippen molar-refractivity contribution in [2.24, 2.45) is 0 Å². The fraction of sp³-hybridized carbons (Fsp3) is 0.176. The molecule has 0 aliphatic heterocycles. The summed E-state index contributed by atoms with van der Waals surface area (Å²) < 4.78 is 55.9. The molecule has 2 aromatic carbocycles. The van der Waals surface area contributed by atoms with Crippen molar-refractivity contribution in [1.29, 1.82) is 0 Å². The smallest absolute Gasteiger partial charge is 0.416 e. The number of benzene rings is 2. The molecule has 0 unspecified atom stereocenters. The van der Waals surface area contributed by atoms with Crippen LogP contribution in [-0.2, 0) is 15.7 Å². The lowest BCUT2D eigenvalue weighted by Gasteiger charge is -2.15. The van der Waals surface area contributed by atoms with E-state index in [0.717, 1.165) is 30.3 Å². The first-order valence-electron chi connectivity index (χ1n) is 7.22. The van der Waals surface area contributed by atoms with Crippen molar-refractivity contribution in [3.05, 3.63) is 64.4 Å². The van der Waals surface area contributed by atoms with Crippen LogP contribution in [0.15, 0.2) is 42.5 Å². The molecular formula is C17H12ClF4NO3. The summed E-state index contributed by atoms with van der Waals surface area (Å²) >= 11 is 5.77. The fourth-order valence-electron chi connectivity index (χ4n) is 1.93. The van der Waals surface area contributed by atoms with Gasteiger partial charge in [0.25, 0.3) is 5.91 Å². The number of alkyl halides is 3. The van der Waals surface area contributed by atoms with Crippen LogP contribution in [0.4, 0.5) is 23.2 Å². The van der Waals surface area contributed by atoms with Gasteiger partial charge in [-0.3, -0.25) is 4.79 Å². The summed E-state index contributed by atoms with van der Waals surface area (Å²) in [6.45, 7) is 1.23. The second-order valence-corrected chi connectivity index (χ2v) is 5.65. The van der Waals surface area contributed by atoms with Gasteiger partial charge >= 0.3 is 12.1 Å². The third-order valence-corrected chi connectivity index (χ3v) is 3.58. The number of carbonyl (C=O) groups excluding carboxylic acids is 2. The van der Waals surface area contributed by atoms with Gasteiger partial charge in [0.15, 0.2) is 6.10 Å². The highest BCUT2D eigenvalue weighted by molar-refractivity contribution is 6.33. The van der Waals surface area contributed by atoms with E-state index in [4.69, 9.17) is 16.3 Å². The highest BCUT2D eigenvalue weighted by Gasteiger charge is 2.31. The third-order valence-electron chi connectivity index (χ3n) is 3.27. The average molecular weight is 390 g/mol. The van der Waals surface area contributed by atoms with E-state index in [0.29, 0.717) is 6.07 Å². The Labute approximate surface area is 150 Å². The van der Waals surface area contributed by atoms with Gasteiger partial charge in [-0.25, -0.2) is 9.18 Å². The summed E-state index contributed by atoms with van der Waals surface area (Å²) in [5.74, 6) is -2.47. The molecule has 0 aliphatic rings. The number of amides is 1. The molecule has 0 bridgehead atoms. The Hall–Kier alpha value is -2.61. The molecule has 0 fully saturated rings. The molecule has 0 saturated carbocycles. The molecule has 2 aromatic rings. The zero-order chi connectivity index (χ0) is 19.5. The normalized spacial score (nSPS) is 12.4. The number of hydrogen-bond acceptors (Lipinski definition) is 3. The van der Waals surface area contributed by atoms with E-state index in [1.54, 1.807) is 0 Å². The van der Waals surface area contributed by atoms with Crippen molar-refractivity contribution in [1.82, 2.24) is 0 Å². The van der Waals surface area contributed by atoms with Gasteiger partial charge in [-0.05, 0) is 43.3 Å². The molecule has 4 nitrogen and oxygen atoms in total. The molecule has 0 saturated heterocycles. The number of esters is 1. The van der Waals surface area contributed by atoms with Crippen LogP contribution in [0.25, 0.3) is 0 Å². The fourth-order valence-corrected chi connectivity index (χ4v) is 2.14. The molecule has 0 radical (unpaired) electrons. The number of anilines is 1. The monoisotopic (exact) mass is 389 g/mol. The number of nitrogens with one attached hydrogen (secondary N) is 1. The van der Waals surface area contributed by atoms with E-state index < -0.39 is 35.5 Å². The van der Waals surface area contributed by atoms with Crippen LogP contribution < -0.4 is 5.32 Å². The molecule has 2 rings (SSSR count). The van der Waals surface area contributed by atoms with Crippen molar-refractivity contribution in [3.63, 3.8) is 0 Å². The first-order valence-corrected chi connectivity index (χ1v) is 7.60. The zero-order valence-corrected chi connectivity index (χ0v) is 14.0. The summed E-state index contributed by atoms with van der Waals surface area (Å²) in [4.78, 5) is 24.0. The van der Waals surface area contributed by atoms with Crippen LogP contribution in [0.3, 0.4) is 0 Å². The average Bonchev–Trinajstić information content (AvgIpc) is 2.56. The van der Waals surface area contributed by atoms with Gasteiger partial charge in [0.2, 0.25) is 0 Å². The van der Waals surface area contributed by atoms with Gasteiger partial charge in [0.05, 0.1) is 21.8 Å². The maximum atomic E-state index is 13.0. The van der Waals surface area contributed by atoms with Crippen LogP contribution in [0.2, 0.25) is 5.02 Å². The molecule has 1 N–H and O–H groups in total. The Morgan fingerprint density at radius 1 is 1.15 bits per heavy atom. The number of rotatable bonds is 4. The minimum Gasteiger partial charge on any atom is -0.449 e. The SMILES string of the molecule is C[C@@H](OC(=O)c1cccc(C(F)(F)F)c1)C(=O)Nc1ccc(F)cc1Cl. The lowest BCUT2D eigenvalue weighted by molar-refractivity contribution is -0.137. The van der Waals surface area contributed by atoms with E-state index in [2.05, 4.69) is 5.32 Å². The number of halogens is 5. The highest BCUT2D eigenvalue weighted by Crippen LogP contribution is 2.29. The number of ether oxygens (including phenoxy) is 1. The van der Waals surface area contributed by atoms with Crippen LogP contribution in [0.1, 0.15) is 22.8 Å². The van der Waals surface area contributed by atoms with E-state index in [-0.39, 0.29) is 16.3 Å². The van der Waals surface area contributed by atoms with E-state index in [1.165, 1.54) is 13.0 Å². The summed E-state index contributed by atoms with van der Waals surface area (Å²) in [5.41, 5.74) is -1.26. The predicted molar refractivity (Wildman–Crippen MR) is 86.4 cm³/mol. The van der Waals surface area contributed by atoms with Gasteiger partial charge < -0.3 is 10.1 Å². The Kier molecular flexibility index (Phi) is 5.86. The maximum Gasteiger partial charge on any atom is 0.416 e. The summed E-state index contributed by atoms with van der Waals surface area (Å²) in [6.07, 6.45) is -5.93. The van der Waals surface area contributed by atoms with Crippen LogP contribution in [-0.4, -0.2) is 18.0 Å². The zero-order valence-electron chi connectivity index (χ0n) is 13.2. The van der Waals surface area contributed by atoms with Crippen LogP contribution in [0, 0.1) is 5.82 Å². The minimum absolute atomic E-state index is 0.0604. The van der Waals surface area contributed by atoms with Gasteiger partial charge in [0.1, 0.15) is 5.82 Å². The summed E-state index contributed by atoms with van der Waals surface area (Å²) in [5, 5.41) is 2.27. The molecule has 1 atom stereocenters. The first kappa shape index (κ1) is 19.7. The standard InChI is InChI=1S/C17H12ClF4NO3/c1-9(15(24)23-14-6-5-12(19)8-13(14)18)26-16(25)10-3-2-4-11(7-10)17(20,21)22/h2-9H,1H3,(H,23,24)/t9-/m1/s1. The van der Waals surface area contributed by atoms with Crippen LogP contribution in [0.5, 0.6) is 0 Å². The van der Waals surface area contributed by atoms with Crippen molar-refractivity contribution in [2.75, 3.05) is 5.32 Å². The third kappa shape index (κ3) is 4.95. The molecule has 0 aromatic heterocycles. The van der Waals surface area contributed by atoms with E-state index in [1.807, 2.05) is 0 Å². The molecule has 0 spiro atoms. The summed E-state index contributed by atoms with van der Waals surface area (Å²) in [6, 6.07) is 6.91. The molecule has 1 amide bonds. The molecule has 0 aliphatic carbocycles. The van der Waals surface area contributed by atoms with E-state index in [9.17, 15) is 27.2 Å². The van der Waals surface area contributed by atoms with Gasteiger partial charge in [-0.1, -0.05) is 17.7 Å². The van der Waals surface area contributed by atoms with Crippen molar-refractivity contribution in [2.45, 2.75) is 19.2 Å². The largest absolute Gasteiger partial charge is 0.449 e. The quantitative estimate of drug-likeness (QED) is 0.610. The second kappa shape index (κ2) is 7.74. The van der Waals surface area contributed by atoms with Crippen molar-refractivity contribution < 1.29 is 31.9 Å². The Bertz CT molecular complexity index is 839. The molecule has 0 heterocycles. The molecule has 138 valence electrons. The predicted octanol–water partition coefficient (Wildman–Crippen LogP) is 4.68. The van der Waals surface area contributed by atoms with Crippen LogP contribution >= 0.6 is 11.6 Å². The Morgan fingerprint density at radius 2 is 1.85 bits per heavy atom. The number of carbonyl (C=O) groups is 2. The molecule has 26 heavy (non-hydrogen) atoms. The number of hydrogen-bond donors (Lipinski definition) is 1. The van der Waals surface area contributed by atoms with E-state index >= 15 is 0 Å². The van der Waals surface area contributed by atoms with Gasteiger partial charge in [-0.15, -0.1) is 0 Å². The van der Waals surface area contributed by atoms with Crippen molar-refractivity contribution in [3.8, 4) is 0 Å². The second-order valence-electron chi connectivity index (χ2n) is 5.24.